The number of aryl methyl sites for hydroxylation is 1. The third-order valence-electron chi connectivity index (χ3n) is 4.66. The van der Waals surface area contributed by atoms with Gasteiger partial charge in [0.15, 0.2) is 0 Å². The van der Waals surface area contributed by atoms with Crippen molar-refractivity contribution in [2.24, 2.45) is 0 Å². The lowest BCUT2D eigenvalue weighted by atomic mass is 9.99. The summed E-state index contributed by atoms with van der Waals surface area (Å²) in [5.41, 5.74) is 5.39. The second-order valence-electron chi connectivity index (χ2n) is 6.26. The molecule has 0 saturated heterocycles. The minimum atomic E-state index is -0.00760. The Morgan fingerprint density at radius 2 is 2.08 bits per heavy atom. The zero-order chi connectivity index (χ0) is 17.9. The van der Waals surface area contributed by atoms with Gasteiger partial charge < -0.3 is 4.90 Å². The normalized spacial score (nSPS) is 13.3. The molecule has 1 aliphatic heterocycles. The first kappa shape index (κ1) is 16.3. The van der Waals surface area contributed by atoms with E-state index in [9.17, 15) is 4.79 Å². The van der Waals surface area contributed by atoms with Crippen molar-refractivity contribution >= 4 is 5.91 Å². The molecule has 4 heterocycles. The second kappa shape index (κ2) is 7.00. The van der Waals surface area contributed by atoms with Crippen LogP contribution in [0.2, 0.25) is 0 Å². The van der Waals surface area contributed by atoms with Crippen LogP contribution in [0.3, 0.4) is 0 Å². The lowest BCUT2D eigenvalue weighted by Crippen LogP contribution is -2.36. The molecule has 0 radical (unpaired) electrons. The van der Waals surface area contributed by atoms with Gasteiger partial charge in [0.2, 0.25) is 0 Å². The lowest BCUT2D eigenvalue weighted by Gasteiger charge is -2.29. The first-order chi connectivity index (χ1) is 12.8. The second-order valence-corrected chi connectivity index (χ2v) is 6.26. The number of carbonyl (C=O) groups excluding carboxylic acids is 1. The molecular weight excluding hydrogens is 326 g/mol. The van der Waals surface area contributed by atoms with E-state index in [-0.39, 0.29) is 5.91 Å². The Labute approximate surface area is 152 Å². The largest absolute Gasteiger partial charge is 0.334 e. The van der Waals surface area contributed by atoms with E-state index in [4.69, 9.17) is 0 Å². The van der Waals surface area contributed by atoms with E-state index in [1.165, 1.54) is 0 Å². The zero-order valence-electron chi connectivity index (χ0n) is 14.6. The van der Waals surface area contributed by atoms with Crippen LogP contribution in [-0.2, 0) is 19.4 Å². The monoisotopic (exact) mass is 345 g/mol. The zero-order valence-corrected chi connectivity index (χ0v) is 14.6. The van der Waals surface area contributed by atoms with Crippen molar-refractivity contribution in [1.82, 2.24) is 24.8 Å². The van der Waals surface area contributed by atoms with E-state index < -0.39 is 0 Å². The number of hydrogen-bond acceptors (Lipinski definition) is 5. The highest BCUT2D eigenvalue weighted by molar-refractivity contribution is 5.94. The minimum Gasteiger partial charge on any atom is -0.334 e. The quantitative estimate of drug-likeness (QED) is 0.730. The Balaban J connectivity index is 1.63. The smallest absolute Gasteiger partial charge is 0.255 e. The summed E-state index contributed by atoms with van der Waals surface area (Å²) in [5.74, 6) is -0.00760. The summed E-state index contributed by atoms with van der Waals surface area (Å²) in [6.07, 6.45) is 8.36. The molecule has 0 aliphatic carbocycles. The standard InChI is InChI=1S/C20H19N5O/c1-2-16-6-5-15(11-22-16)20(26)25-9-7-18-17(12-25)19(24-13-23-18)14-4-3-8-21-10-14/h3-6,8,10-11,13H,2,7,9,12H2,1H3. The fraction of sp³-hybridized carbons (Fsp3) is 0.250. The summed E-state index contributed by atoms with van der Waals surface area (Å²) in [6.45, 7) is 3.19. The van der Waals surface area contributed by atoms with Crippen molar-refractivity contribution in [3.05, 3.63) is 71.7 Å². The van der Waals surface area contributed by atoms with E-state index in [1.807, 2.05) is 36.1 Å². The van der Waals surface area contributed by atoms with Gasteiger partial charge in [-0.1, -0.05) is 6.92 Å². The minimum absolute atomic E-state index is 0.00760. The fourth-order valence-corrected chi connectivity index (χ4v) is 3.21. The molecular formula is C20H19N5O. The highest BCUT2D eigenvalue weighted by Crippen LogP contribution is 2.27. The summed E-state index contributed by atoms with van der Waals surface area (Å²) in [7, 11) is 0. The summed E-state index contributed by atoms with van der Waals surface area (Å²) >= 11 is 0. The van der Waals surface area contributed by atoms with Crippen molar-refractivity contribution in [2.75, 3.05) is 6.54 Å². The first-order valence-electron chi connectivity index (χ1n) is 8.73. The van der Waals surface area contributed by atoms with Gasteiger partial charge in [-0.25, -0.2) is 9.97 Å². The molecule has 4 rings (SSSR count). The Hall–Kier alpha value is -3.15. The fourth-order valence-electron chi connectivity index (χ4n) is 3.21. The predicted octanol–water partition coefficient (Wildman–Crippen LogP) is 2.69. The van der Waals surface area contributed by atoms with Gasteiger partial charge >= 0.3 is 0 Å². The molecule has 0 bridgehead atoms. The summed E-state index contributed by atoms with van der Waals surface area (Å²) < 4.78 is 0. The SMILES string of the molecule is CCc1ccc(C(=O)N2CCc3ncnc(-c4cccnc4)c3C2)cn1. The molecule has 0 aromatic carbocycles. The van der Waals surface area contributed by atoms with Gasteiger partial charge in [-0.05, 0) is 30.7 Å². The third kappa shape index (κ3) is 3.06. The van der Waals surface area contributed by atoms with Crippen LogP contribution in [0.1, 0.15) is 34.2 Å². The number of nitrogens with zero attached hydrogens (tertiary/aromatic N) is 5. The van der Waals surface area contributed by atoms with Crippen molar-refractivity contribution in [1.29, 1.82) is 0 Å². The molecule has 1 amide bonds. The number of carbonyl (C=O) groups is 1. The van der Waals surface area contributed by atoms with Crippen molar-refractivity contribution < 1.29 is 4.79 Å². The Kier molecular flexibility index (Phi) is 4.39. The number of rotatable bonds is 3. The van der Waals surface area contributed by atoms with Gasteiger partial charge in [0.1, 0.15) is 6.33 Å². The molecule has 26 heavy (non-hydrogen) atoms. The van der Waals surface area contributed by atoms with Crippen LogP contribution >= 0.6 is 0 Å². The average Bonchev–Trinajstić information content (AvgIpc) is 2.73. The Bertz CT molecular complexity index is 925. The molecule has 0 fully saturated rings. The van der Waals surface area contributed by atoms with Gasteiger partial charge in [0.05, 0.1) is 17.0 Å². The van der Waals surface area contributed by atoms with Crippen LogP contribution < -0.4 is 0 Å². The predicted molar refractivity (Wildman–Crippen MR) is 97.3 cm³/mol. The maximum Gasteiger partial charge on any atom is 0.255 e. The third-order valence-corrected chi connectivity index (χ3v) is 4.66. The van der Waals surface area contributed by atoms with Crippen LogP contribution in [0.25, 0.3) is 11.3 Å². The number of aromatic nitrogens is 4. The van der Waals surface area contributed by atoms with Gasteiger partial charge in [0.25, 0.3) is 5.91 Å². The first-order valence-corrected chi connectivity index (χ1v) is 8.73. The van der Waals surface area contributed by atoms with E-state index in [1.54, 1.807) is 24.9 Å². The number of hydrogen-bond donors (Lipinski definition) is 0. The Morgan fingerprint density at radius 1 is 1.15 bits per heavy atom. The number of pyridine rings is 2. The van der Waals surface area contributed by atoms with Crippen molar-refractivity contribution in [3.8, 4) is 11.3 Å². The van der Waals surface area contributed by atoms with Gasteiger partial charge in [-0.3, -0.25) is 14.8 Å². The molecule has 130 valence electrons. The van der Waals surface area contributed by atoms with Crippen LogP contribution in [0.5, 0.6) is 0 Å². The van der Waals surface area contributed by atoms with E-state index in [0.717, 1.165) is 41.1 Å². The number of fused-ring (bicyclic) bond motifs is 1. The molecule has 0 atom stereocenters. The molecule has 6 heteroatoms. The van der Waals surface area contributed by atoms with Gasteiger partial charge in [-0.15, -0.1) is 0 Å². The molecule has 0 saturated carbocycles. The highest BCUT2D eigenvalue weighted by Gasteiger charge is 2.25. The number of amides is 1. The van der Waals surface area contributed by atoms with Crippen molar-refractivity contribution in [3.63, 3.8) is 0 Å². The summed E-state index contributed by atoms with van der Waals surface area (Å²) in [5, 5.41) is 0. The maximum atomic E-state index is 12.9. The van der Waals surface area contributed by atoms with Crippen LogP contribution in [0, 0.1) is 0 Å². The van der Waals surface area contributed by atoms with Crippen molar-refractivity contribution in [2.45, 2.75) is 26.3 Å². The molecule has 3 aromatic rings. The van der Waals surface area contributed by atoms with E-state index in [2.05, 4.69) is 19.9 Å². The van der Waals surface area contributed by atoms with Crippen LogP contribution in [0.15, 0.2) is 49.2 Å². The maximum absolute atomic E-state index is 12.9. The molecule has 0 spiro atoms. The van der Waals surface area contributed by atoms with Gasteiger partial charge in [0, 0.05) is 54.9 Å². The summed E-state index contributed by atoms with van der Waals surface area (Å²) in [6, 6.07) is 7.63. The lowest BCUT2D eigenvalue weighted by molar-refractivity contribution is 0.0733. The molecule has 1 aliphatic rings. The molecule has 0 N–H and O–H groups in total. The molecule has 6 nitrogen and oxygen atoms in total. The van der Waals surface area contributed by atoms with E-state index >= 15 is 0 Å². The van der Waals surface area contributed by atoms with Crippen LogP contribution in [0.4, 0.5) is 0 Å². The van der Waals surface area contributed by atoms with E-state index in [0.29, 0.717) is 18.7 Å². The van der Waals surface area contributed by atoms with Gasteiger partial charge in [-0.2, -0.15) is 0 Å². The van der Waals surface area contributed by atoms with Crippen LogP contribution in [-0.4, -0.2) is 37.3 Å². The average molecular weight is 345 g/mol. The summed E-state index contributed by atoms with van der Waals surface area (Å²) in [4.78, 5) is 32.1. The Morgan fingerprint density at radius 3 is 2.81 bits per heavy atom. The highest BCUT2D eigenvalue weighted by atomic mass is 16.2. The molecule has 0 unspecified atom stereocenters. The molecule has 3 aromatic heterocycles. The topological polar surface area (TPSA) is 71.9 Å².